The fourth-order valence-corrected chi connectivity index (χ4v) is 3.71. The van der Waals surface area contributed by atoms with Gasteiger partial charge in [0.15, 0.2) is 0 Å². The predicted molar refractivity (Wildman–Crippen MR) is 99.0 cm³/mol. The van der Waals surface area contributed by atoms with Gasteiger partial charge in [-0.25, -0.2) is 0 Å². The molecule has 1 aliphatic rings. The largest absolute Gasteiger partial charge is 0.375 e. The molecule has 1 fully saturated rings. The van der Waals surface area contributed by atoms with E-state index in [1.807, 2.05) is 13.3 Å². The second-order valence-corrected chi connectivity index (χ2v) is 7.89. The lowest BCUT2D eigenvalue weighted by atomic mass is 9.91. The summed E-state index contributed by atoms with van der Waals surface area (Å²) in [6.07, 6.45) is 4.24. The molecule has 0 N–H and O–H groups in total. The van der Waals surface area contributed by atoms with Crippen molar-refractivity contribution in [3.05, 3.63) is 24.0 Å². The fourth-order valence-electron chi connectivity index (χ4n) is 3.13. The Morgan fingerprint density at radius 3 is 2.82 bits per heavy atom. The number of anilines is 1. The number of ether oxygens (including phenoxy) is 1. The Balaban J connectivity index is 2.11. The number of rotatable bonds is 6. The smallest absolute Gasteiger partial charge is 0.0979 e. The summed E-state index contributed by atoms with van der Waals surface area (Å²) in [6.45, 7) is 5.04. The highest BCUT2D eigenvalue weighted by molar-refractivity contribution is 8.68. The maximum atomic E-state index is 5.90. The van der Waals surface area contributed by atoms with Crippen LogP contribution in [0.3, 0.4) is 0 Å². The zero-order chi connectivity index (χ0) is 16.2. The molecule has 0 amide bonds. The molecule has 0 unspecified atom stereocenters. The molecule has 0 aromatic carbocycles. The Kier molecular flexibility index (Phi) is 6.44. The molecule has 0 aliphatic carbocycles. The van der Waals surface area contributed by atoms with E-state index < -0.39 is 0 Å². The van der Waals surface area contributed by atoms with E-state index in [1.54, 1.807) is 0 Å². The number of nitrogens with zero attached hydrogens (tertiary/aromatic N) is 3. The summed E-state index contributed by atoms with van der Waals surface area (Å²) < 4.78 is 5.90. The number of piperidine rings is 1. The van der Waals surface area contributed by atoms with Crippen molar-refractivity contribution in [2.75, 3.05) is 45.7 Å². The summed E-state index contributed by atoms with van der Waals surface area (Å²) >= 11 is 4.27. The number of hydrogen-bond donors (Lipinski definition) is 1. The normalized spacial score (nSPS) is 23.8. The first-order chi connectivity index (χ1) is 10.5. The van der Waals surface area contributed by atoms with E-state index in [1.165, 1.54) is 16.5 Å². The molecule has 1 aliphatic heterocycles. The lowest BCUT2D eigenvalue weighted by Crippen LogP contribution is -2.54. The molecule has 0 saturated carbocycles. The van der Waals surface area contributed by atoms with E-state index in [0.717, 1.165) is 38.2 Å². The minimum absolute atomic E-state index is 0.0886. The summed E-state index contributed by atoms with van der Waals surface area (Å²) in [7, 11) is 7.56. The van der Waals surface area contributed by atoms with Gasteiger partial charge >= 0.3 is 0 Å². The average Bonchev–Trinajstić information content (AvgIpc) is 2.54. The Morgan fingerprint density at radius 2 is 2.27 bits per heavy atom. The molecular weight excluding hydrogens is 314 g/mol. The Bertz CT molecular complexity index is 469. The molecule has 2 heterocycles. The average molecular weight is 342 g/mol. The molecule has 124 valence electrons. The lowest BCUT2D eigenvalue weighted by Gasteiger charge is -2.44. The zero-order valence-electron chi connectivity index (χ0n) is 14.0. The minimum Gasteiger partial charge on any atom is -0.375 e. The molecule has 1 aromatic heterocycles. The number of thiol groups is 1. The highest BCUT2D eigenvalue weighted by atomic mass is 33.1. The first-order valence-corrected chi connectivity index (χ1v) is 9.64. The molecule has 22 heavy (non-hydrogen) atoms. The molecular formula is C16H27N3OS2. The summed E-state index contributed by atoms with van der Waals surface area (Å²) in [5.41, 5.74) is 2.17. The van der Waals surface area contributed by atoms with Gasteiger partial charge in [-0.2, -0.15) is 0 Å². The van der Waals surface area contributed by atoms with Crippen LogP contribution in [0.4, 0.5) is 5.69 Å². The Hall–Kier alpha value is -0.430. The van der Waals surface area contributed by atoms with Gasteiger partial charge in [-0.15, -0.1) is 11.7 Å². The van der Waals surface area contributed by atoms with Crippen LogP contribution >= 0.6 is 22.5 Å². The minimum atomic E-state index is -0.0886. The highest BCUT2D eigenvalue weighted by Gasteiger charge is 2.36. The van der Waals surface area contributed by atoms with Gasteiger partial charge < -0.3 is 14.5 Å². The summed E-state index contributed by atoms with van der Waals surface area (Å²) in [5.74, 6) is 0. The van der Waals surface area contributed by atoms with E-state index >= 15 is 0 Å². The molecule has 2 atom stereocenters. The first kappa shape index (κ1) is 17.9. The molecule has 2 rings (SSSR count). The van der Waals surface area contributed by atoms with Crippen molar-refractivity contribution < 1.29 is 4.74 Å². The SMILES string of the molecule is CO[C@]1(CN(C)C)CCCN(c2ccc([C@H](C)SS)nc2)C1. The van der Waals surface area contributed by atoms with E-state index in [2.05, 4.69) is 59.6 Å². The van der Waals surface area contributed by atoms with Crippen molar-refractivity contribution >= 4 is 28.1 Å². The van der Waals surface area contributed by atoms with Crippen LogP contribution < -0.4 is 4.90 Å². The van der Waals surface area contributed by atoms with Crippen LogP contribution in [0, 0.1) is 0 Å². The van der Waals surface area contributed by atoms with Crippen LogP contribution in [0.1, 0.15) is 30.7 Å². The van der Waals surface area contributed by atoms with Gasteiger partial charge in [-0.3, -0.25) is 4.98 Å². The van der Waals surface area contributed by atoms with Crippen molar-refractivity contribution in [1.29, 1.82) is 0 Å². The molecule has 6 heteroatoms. The fraction of sp³-hybridized carbons (Fsp3) is 0.688. The third-order valence-corrected chi connectivity index (χ3v) is 5.79. The van der Waals surface area contributed by atoms with Crippen molar-refractivity contribution in [2.45, 2.75) is 30.6 Å². The highest BCUT2D eigenvalue weighted by Crippen LogP contribution is 2.32. The molecule has 0 radical (unpaired) electrons. The van der Waals surface area contributed by atoms with E-state index in [9.17, 15) is 0 Å². The van der Waals surface area contributed by atoms with Crippen LogP contribution in [0.25, 0.3) is 0 Å². The number of aromatic nitrogens is 1. The van der Waals surface area contributed by atoms with Crippen molar-refractivity contribution in [3.63, 3.8) is 0 Å². The van der Waals surface area contributed by atoms with E-state index in [0.29, 0.717) is 5.25 Å². The number of methoxy groups -OCH3 is 1. The topological polar surface area (TPSA) is 28.6 Å². The van der Waals surface area contributed by atoms with Crippen LogP contribution in [0.2, 0.25) is 0 Å². The zero-order valence-corrected chi connectivity index (χ0v) is 15.7. The summed E-state index contributed by atoms with van der Waals surface area (Å²) in [4.78, 5) is 9.20. The molecule has 1 aromatic rings. The Labute approximate surface area is 143 Å². The van der Waals surface area contributed by atoms with E-state index in [-0.39, 0.29) is 5.60 Å². The first-order valence-electron chi connectivity index (χ1n) is 7.71. The van der Waals surface area contributed by atoms with Gasteiger partial charge in [0.25, 0.3) is 0 Å². The molecule has 4 nitrogen and oxygen atoms in total. The molecule has 0 bridgehead atoms. The standard InChI is InChI=1S/C16H27N3OS2/c1-13(22-21)15-7-6-14(10-17-15)19-9-5-8-16(12-19,20-4)11-18(2)3/h6-7,10,13,21H,5,8-9,11-12H2,1-4H3/t13-,16-/m0/s1. The van der Waals surface area contributed by atoms with E-state index in [4.69, 9.17) is 4.74 Å². The molecule has 0 spiro atoms. The second kappa shape index (κ2) is 7.90. The van der Waals surface area contributed by atoms with Crippen LogP contribution in [-0.2, 0) is 4.74 Å². The molecule has 1 saturated heterocycles. The number of hydrogen-bond acceptors (Lipinski definition) is 6. The lowest BCUT2D eigenvalue weighted by molar-refractivity contribution is -0.0372. The van der Waals surface area contributed by atoms with Gasteiger partial charge in [0, 0.05) is 26.7 Å². The number of pyridine rings is 1. The van der Waals surface area contributed by atoms with Crippen molar-refractivity contribution in [3.8, 4) is 0 Å². The quantitative estimate of drug-likeness (QED) is 0.633. The number of likely N-dealkylation sites (N-methyl/N-ethyl adjacent to an activating group) is 1. The third-order valence-electron chi connectivity index (χ3n) is 4.29. The monoisotopic (exact) mass is 341 g/mol. The maximum Gasteiger partial charge on any atom is 0.0979 e. The van der Waals surface area contributed by atoms with Gasteiger partial charge in [-0.05, 0) is 46.0 Å². The predicted octanol–water partition coefficient (Wildman–Crippen LogP) is 3.27. The van der Waals surface area contributed by atoms with Crippen LogP contribution in [0.5, 0.6) is 0 Å². The van der Waals surface area contributed by atoms with Crippen LogP contribution in [0.15, 0.2) is 18.3 Å². The maximum absolute atomic E-state index is 5.90. The van der Waals surface area contributed by atoms with Gasteiger partial charge in [0.1, 0.15) is 0 Å². The van der Waals surface area contributed by atoms with Crippen LogP contribution in [-0.4, -0.2) is 56.3 Å². The van der Waals surface area contributed by atoms with Gasteiger partial charge in [0.2, 0.25) is 0 Å². The summed E-state index contributed by atoms with van der Waals surface area (Å²) in [6, 6.07) is 4.28. The van der Waals surface area contributed by atoms with Gasteiger partial charge in [-0.1, -0.05) is 10.8 Å². The third kappa shape index (κ3) is 4.31. The summed E-state index contributed by atoms with van der Waals surface area (Å²) in [5, 5.41) is 0.311. The van der Waals surface area contributed by atoms with Crippen molar-refractivity contribution in [2.24, 2.45) is 0 Å². The Morgan fingerprint density at radius 1 is 1.50 bits per heavy atom. The van der Waals surface area contributed by atoms with Crippen molar-refractivity contribution in [1.82, 2.24) is 9.88 Å². The van der Waals surface area contributed by atoms with Gasteiger partial charge in [0.05, 0.1) is 28.4 Å². The second-order valence-electron chi connectivity index (χ2n) is 6.34.